The Morgan fingerprint density at radius 1 is 0.923 bits per heavy atom. The SMILES string of the molecule is O=C1c2ccccc2NC(c2cccc(Cl)c2Cl)N1c1ccc(F)cc1. The molecule has 130 valence electrons. The zero-order valence-electron chi connectivity index (χ0n) is 13.4. The van der Waals surface area contributed by atoms with Gasteiger partial charge in [-0.1, -0.05) is 47.5 Å². The molecule has 1 amide bonds. The number of rotatable bonds is 2. The van der Waals surface area contributed by atoms with Crippen LogP contribution in [0, 0.1) is 5.82 Å². The average Bonchev–Trinajstić information content (AvgIpc) is 2.65. The lowest BCUT2D eigenvalue weighted by Gasteiger charge is -2.38. The molecule has 3 nitrogen and oxygen atoms in total. The van der Waals surface area contributed by atoms with E-state index >= 15 is 0 Å². The molecule has 0 radical (unpaired) electrons. The van der Waals surface area contributed by atoms with Crippen molar-refractivity contribution in [2.45, 2.75) is 6.17 Å². The number of hydrogen-bond acceptors (Lipinski definition) is 2. The number of para-hydroxylation sites is 1. The van der Waals surface area contributed by atoms with E-state index in [1.165, 1.54) is 12.1 Å². The van der Waals surface area contributed by atoms with Crippen LogP contribution in [0.5, 0.6) is 0 Å². The van der Waals surface area contributed by atoms with Crippen molar-refractivity contribution < 1.29 is 9.18 Å². The highest BCUT2D eigenvalue weighted by Crippen LogP contribution is 2.40. The molecule has 1 atom stereocenters. The number of nitrogens with zero attached hydrogens (tertiary/aromatic N) is 1. The Bertz CT molecular complexity index is 991. The first-order chi connectivity index (χ1) is 12.6. The molecule has 4 rings (SSSR count). The van der Waals surface area contributed by atoms with Gasteiger partial charge < -0.3 is 5.32 Å². The predicted molar refractivity (Wildman–Crippen MR) is 102 cm³/mol. The van der Waals surface area contributed by atoms with Crippen molar-refractivity contribution in [1.29, 1.82) is 0 Å². The van der Waals surface area contributed by atoms with Gasteiger partial charge in [0, 0.05) is 16.9 Å². The van der Waals surface area contributed by atoms with E-state index in [4.69, 9.17) is 23.2 Å². The number of anilines is 2. The molecule has 0 bridgehead atoms. The lowest BCUT2D eigenvalue weighted by atomic mass is 10.0. The van der Waals surface area contributed by atoms with Gasteiger partial charge in [0.05, 0.1) is 15.6 Å². The van der Waals surface area contributed by atoms with E-state index < -0.39 is 6.17 Å². The summed E-state index contributed by atoms with van der Waals surface area (Å²) in [7, 11) is 0. The second kappa shape index (κ2) is 6.63. The lowest BCUT2D eigenvalue weighted by molar-refractivity contribution is 0.0975. The Morgan fingerprint density at radius 2 is 1.65 bits per heavy atom. The summed E-state index contributed by atoms with van der Waals surface area (Å²) in [4.78, 5) is 14.8. The van der Waals surface area contributed by atoms with E-state index in [0.717, 1.165) is 0 Å². The van der Waals surface area contributed by atoms with Crippen LogP contribution in [0.1, 0.15) is 22.1 Å². The summed E-state index contributed by atoms with van der Waals surface area (Å²) in [6.45, 7) is 0. The van der Waals surface area contributed by atoms with E-state index in [9.17, 15) is 9.18 Å². The highest BCUT2D eigenvalue weighted by molar-refractivity contribution is 6.42. The minimum Gasteiger partial charge on any atom is -0.360 e. The Morgan fingerprint density at radius 3 is 2.42 bits per heavy atom. The molecule has 1 aliphatic heterocycles. The van der Waals surface area contributed by atoms with Gasteiger partial charge >= 0.3 is 0 Å². The number of halogens is 3. The molecule has 3 aromatic rings. The van der Waals surface area contributed by atoms with Crippen molar-refractivity contribution in [3.8, 4) is 0 Å². The zero-order valence-corrected chi connectivity index (χ0v) is 14.9. The fourth-order valence-electron chi connectivity index (χ4n) is 3.07. The molecule has 0 aromatic heterocycles. The van der Waals surface area contributed by atoms with Gasteiger partial charge in [0.25, 0.3) is 5.91 Å². The normalized spacial score (nSPS) is 16.2. The molecule has 1 aliphatic rings. The molecule has 3 aromatic carbocycles. The molecule has 0 fully saturated rings. The standard InChI is InChI=1S/C20H13Cl2FN2O/c21-16-6-3-5-15(18(16)22)19-24-17-7-2-1-4-14(17)20(26)25(19)13-10-8-12(23)9-11-13/h1-11,19,24H. The Balaban J connectivity index is 1.90. The van der Waals surface area contributed by atoms with Crippen LogP contribution in [0.15, 0.2) is 66.7 Å². The van der Waals surface area contributed by atoms with Crippen molar-refractivity contribution in [3.63, 3.8) is 0 Å². The fourth-order valence-corrected chi connectivity index (χ4v) is 3.48. The van der Waals surface area contributed by atoms with Crippen LogP contribution in [0.2, 0.25) is 10.0 Å². The first-order valence-corrected chi connectivity index (χ1v) is 8.70. The molecule has 0 aliphatic carbocycles. The molecule has 1 N–H and O–H groups in total. The first kappa shape index (κ1) is 16.9. The highest BCUT2D eigenvalue weighted by Gasteiger charge is 2.35. The summed E-state index contributed by atoms with van der Waals surface area (Å²) < 4.78 is 13.4. The molecule has 0 saturated heterocycles. The summed E-state index contributed by atoms with van der Waals surface area (Å²) in [6, 6.07) is 18.3. The quantitative estimate of drug-likeness (QED) is 0.594. The Hall–Kier alpha value is -2.56. The maximum atomic E-state index is 13.4. The number of carbonyl (C=O) groups is 1. The van der Waals surface area contributed by atoms with E-state index in [1.54, 1.807) is 41.3 Å². The second-order valence-electron chi connectivity index (χ2n) is 5.89. The summed E-state index contributed by atoms with van der Waals surface area (Å²) >= 11 is 12.6. The summed E-state index contributed by atoms with van der Waals surface area (Å²) in [5, 5.41) is 4.11. The van der Waals surface area contributed by atoms with Crippen LogP contribution in [-0.2, 0) is 0 Å². The van der Waals surface area contributed by atoms with Gasteiger partial charge in [0.15, 0.2) is 0 Å². The summed E-state index contributed by atoms with van der Waals surface area (Å²) in [5.41, 5.74) is 2.45. The van der Waals surface area contributed by atoms with Crippen LogP contribution >= 0.6 is 23.2 Å². The monoisotopic (exact) mass is 386 g/mol. The third-order valence-electron chi connectivity index (χ3n) is 4.31. The van der Waals surface area contributed by atoms with Crippen molar-refractivity contribution in [2.24, 2.45) is 0 Å². The third-order valence-corrected chi connectivity index (χ3v) is 5.14. The molecule has 0 saturated carbocycles. The topological polar surface area (TPSA) is 32.3 Å². The number of carbonyl (C=O) groups excluding carboxylic acids is 1. The summed E-state index contributed by atoms with van der Waals surface area (Å²) in [5.74, 6) is -0.573. The van der Waals surface area contributed by atoms with E-state index in [1.807, 2.05) is 18.2 Å². The van der Waals surface area contributed by atoms with Crippen LogP contribution in [-0.4, -0.2) is 5.91 Å². The van der Waals surface area contributed by atoms with Gasteiger partial charge in [-0.05, 0) is 42.5 Å². The molecule has 6 heteroatoms. The maximum Gasteiger partial charge on any atom is 0.262 e. The molecule has 26 heavy (non-hydrogen) atoms. The Kier molecular flexibility index (Phi) is 4.31. The molecule has 1 heterocycles. The molecular formula is C20H13Cl2FN2O. The average molecular weight is 387 g/mol. The van der Waals surface area contributed by atoms with E-state index in [0.29, 0.717) is 32.5 Å². The number of fused-ring (bicyclic) bond motifs is 1. The second-order valence-corrected chi connectivity index (χ2v) is 6.67. The van der Waals surface area contributed by atoms with Gasteiger partial charge in [-0.2, -0.15) is 0 Å². The Labute approximate surface area is 160 Å². The maximum absolute atomic E-state index is 13.4. The van der Waals surface area contributed by atoms with Crippen LogP contribution in [0.4, 0.5) is 15.8 Å². The van der Waals surface area contributed by atoms with Gasteiger partial charge in [-0.25, -0.2) is 4.39 Å². The van der Waals surface area contributed by atoms with Gasteiger partial charge in [-0.15, -0.1) is 0 Å². The largest absolute Gasteiger partial charge is 0.360 e. The minimum absolute atomic E-state index is 0.202. The van der Waals surface area contributed by atoms with Crippen molar-refractivity contribution in [3.05, 3.63) is 93.7 Å². The van der Waals surface area contributed by atoms with Gasteiger partial charge in [-0.3, -0.25) is 9.69 Å². The first-order valence-electron chi connectivity index (χ1n) is 7.95. The van der Waals surface area contributed by atoms with Crippen molar-refractivity contribution in [2.75, 3.05) is 10.2 Å². The van der Waals surface area contributed by atoms with E-state index in [2.05, 4.69) is 5.32 Å². The van der Waals surface area contributed by atoms with E-state index in [-0.39, 0.29) is 11.7 Å². The minimum atomic E-state index is -0.575. The number of nitrogens with one attached hydrogen (secondary N) is 1. The van der Waals surface area contributed by atoms with Crippen molar-refractivity contribution in [1.82, 2.24) is 0 Å². The fraction of sp³-hybridized carbons (Fsp3) is 0.0500. The number of benzene rings is 3. The highest BCUT2D eigenvalue weighted by atomic mass is 35.5. The van der Waals surface area contributed by atoms with Crippen molar-refractivity contribution >= 4 is 40.5 Å². The molecular weight excluding hydrogens is 374 g/mol. The smallest absolute Gasteiger partial charge is 0.262 e. The summed E-state index contributed by atoms with van der Waals surface area (Å²) in [6.07, 6.45) is -0.575. The zero-order chi connectivity index (χ0) is 18.3. The molecule has 0 spiro atoms. The van der Waals surface area contributed by atoms with Crippen LogP contribution in [0.3, 0.4) is 0 Å². The lowest BCUT2D eigenvalue weighted by Crippen LogP contribution is -2.43. The van der Waals surface area contributed by atoms with Crippen LogP contribution in [0.25, 0.3) is 0 Å². The number of amides is 1. The third kappa shape index (κ3) is 2.81. The van der Waals surface area contributed by atoms with Crippen LogP contribution < -0.4 is 10.2 Å². The predicted octanol–water partition coefficient (Wildman–Crippen LogP) is 5.90. The van der Waals surface area contributed by atoms with Gasteiger partial charge in [0.1, 0.15) is 12.0 Å². The molecule has 1 unspecified atom stereocenters. The van der Waals surface area contributed by atoms with Gasteiger partial charge in [0.2, 0.25) is 0 Å². The number of hydrogen-bond donors (Lipinski definition) is 1.